The molecule has 1 fully saturated rings. The number of carboxylic acid groups (broad SMARTS) is 1. The van der Waals surface area contributed by atoms with Crippen LogP contribution in [0.2, 0.25) is 0 Å². The zero-order valence-corrected chi connectivity index (χ0v) is 20.3. The highest BCUT2D eigenvalue weighted by Crippen LogP contribution is 2.41. The summed E-state index contributed by atoms with van der Waals surface area (Å²) in [5.41, 5.74) is -0.158. The van der Waals surface area contributed by atoms with Crippen molar-refractivity contribution < 1.29 is 23.1 Å². The average molecular weight is 484 g/mol. The third-order valence-corrected chi connectivity index (χ3v) is 7.73. The maximum atomic E-state index is 13.3. The van der Waals surface area contributed by atoms with Crippen LogP contribution >= 0.6 is 11.3 Å². The molecule has 3 heterocycles. The highest BCUT2D eigenvalue weighted by atomic mass is 32.1. The Bertz CT molecular complexity index is 927. The van der Waals surface area contributed by atoms with Gasteiger partial charge in [-0.15, -0.1) is 11.3 Å². The Morgan fingerprint density at radius 1 is 1.21 bits per heavy atom. The Morgan fingerprint density at radius 2 is 1.88 bits per heavy atom. The van der Waals surface area contributed by atoms with Crippen molar-refractivity contribution in [3.05, 3.63) is 35.5 Å². The summed E-state index contributed by atoms with van der Waals surface area (Å²) in [6.45, 7) is 8.92. The minimum Gasteiger partial charge on any atom is -0.481 e. The second kappa shape index (κ2) is 10.1. The maximum absolute atomic E-state index is 13.3. The van der Waals surface area contributed by atoms with E-state index in [1.165, 1.54) is 0 Å². The summed E-state index contributed by atoms with van der Waals surface area (Å²) in [5.74, 6) is -3.20. The fourth-order valence-electron chi connectivity index (χ4n) is 4.53. The van der Waals surface area contributed by atoms with Gasteiger partial charge in [0.1, 0.15) is 0 Å². The molecule has 1 N–H and O–H groups in total. The Morgan fingerprint density at radius 3 is 2.45 bits per heavy atom. The van der Waals surface area contributed by atoms with Gasteiger partial charge in [-0.25, -0.2) is 9.97 Å². The Kier molecular flexibility index (Phi) is 7.84. The molecule has 2 unspecified atom stereocenters. The first-order valence-corrected chi connectivity index (χ1v) is 12.0. The molecule has 33 heavy (non-hydrogen) atoms. The Labute approximate surface area is 197 Å². The van der Waals surface area contributed by atoms with E-state index in [2.05, 4.69) is 35.6 Å². The summed E-state index contributed by atoms with van der Waals surface area (Å²) in [4.78, 5) is 24.8. The largest absolute Gasteiger partial charge is 0.481 e. The smallest absolute Gasteiger partial charge is 0.391 e. The lowest BCUT2D eigenvalue weighted by Crippen LogP contribution is -2.36. The van der Waals surface area contributed by atoms with E-state index in [1.54, 1.807) is 29.8 Å². The molecule has 0 spiro atoms. The van der Waals surface area contributed by atoms with Crippen LogP contribution in [-0.4, -0.2) is 45.2 Å². The summed E-state index contributed by atoms with van der Waals surface area (Å²) < 4.78 is 40.0. The van der Waals surface area contributed by atoms with E-state index in [4.69, 9.17) is 0 Å². The predicted molar refractivity (Wildman–Crippen MR) is 123 cm³/mol. The number of carboxylic acids is 1. The summed E-state index contributed by atoms with van der Waals surface area (Å²) in [6.07, 6.45) is -0.757. The number of alkyl halides is 3. The van der Waals surface area contributed by atoms with Crippen LogP contribution in [0.5, 0.6) is 0 Å². The van der Waals surface area contributed by atoms with Crippen molar-refractivity contribution in [2.75, 3.05) is 13.1 Å². The number of aliphatic carboxylic acids is 1. The zero-order valence-electron chi connectivity index (χ0n) is 19.5. The second-order valence-electron chi connectivity index (χ2n) is 10.2. The first kappa shape index (κ1) is 25.6. The number of aromatic nitrogens is 2. The third kappa shape index (κ3) is 6.76. The fraction of sp³-hybridized carbons (Fsp3) is 0.625. The van der Waals surface area contributed by atoms with Gasteiger partial charge in [0.05, 0.1) is 16.7 Å². The number of hydrogen-bond donors (Lipinski definition) is 1. The highest BCUT2D eigenvalue weighted by molar-refractivity contribution is 7.15. The minimum atomic E-state index is -4.33. The first-order chi connectivity index (χ1) is 15.3. The van der Waals surface area contributed by atoms with E-state index < -0.39 is 29.9 Å². The van der Waals surface area contributed by atoms with Crippen LogP contribution in [0.1, 0.15) is 45.4 Å². The lowest BCUT2D eigenvalue weighted by atomic mass is 9.73. The molecular weight excluding hydrogens is 451 g/mol. The number of hydrogen-bond acceptors (Lipinski definition) is 5. The molecule has 0 aliphatic carbocycles. The molecule has 2 aromatic rings. The molecule has 4 atom stereocenters. The second-order valence-corrected chi connectivity index (χ2v) is 11.4. The molecule has 0 aromatic carbocycles. The van der Waals surface area contributed by atoms with Gasteiger partial charge in [-0.2, -0.15) is 13.2 Å². The highest BCUT2D eigenvalue weighted by Gasteiger charge is 2.44. The van der Waals surface area contributed by atoms with E-state index in [1.807, 2.05) is 12.1 Å². The van der Waals surface area contributed by atoms with Crippen LogP contribution < -0.4 is 0 Å². The molecule has 1 aliphatic heterocycles. The topological polar surface area (TPSA) is 66.3 Å². The van der Waals surface area contributed by atoms with Crippen LogP contribution in [0.25, 0.3) is 10.7 Å². The van der Waals surface area contributed by atoms with Crippen molar-refractivity contribution in [2.24, 2.45) is 29.1 Å². The monoisotopic (exact) mass is 483 g/mol. The average Bonchev–Trinajstić information content (AvgIpc) is 3.09. The van der Waals surface area contributed by atoms with Gasteiger partial charge in [-0.3, -0.25) is 9.69 Å². The summed E-state index contributed by atoms with van der Waals surface area (Å²) in [7, 11) is 0. The van der Waals surface area contributed by atoms with Crippen LogP contribution in [0.15, 0.2) is 30.6 Å². The van der Waals surface area contributed by atoms with E-state index in [0.717, 1.165) is 16.7 Å². The van der Waals surface area contributed by atoms with Crippen LogP contribution in [0, 0.1) is 29.1 Å². The lowest BCUT2D eigenvalue weighted by Gasteiger charge is -2.33. The SMILES string of the molecule is CC(CC1CN(Cc2ccc(-c3ncccn3)s2)C[C@H](C(C)(C)C)C[C@@H]1C(=O)O)C(F)(F)F. The molecule has 0 amide bonds. The van der Waals surface area contributed by atoms with Crippen LogP contribution in [0.3, 0.4) is 0 Å². The van der Waals surface area contributed by atoms with E-state index in [0.29, 0.717) is 31.9 Å². The Hall–Kier alpha value is -2.00. The predicted octanol–water partition coefficient (Wildman–Crippen LogP) is 5.98. The van der Waals surface area contributed by atoms with E-state index in [-0.39, 0.29) is 17.8 Å². The molecular formula is C24H32F3N3O2S. The number of rotatable bonds is 6. The first-order valence-electron chi connectivity index (χ1n) is 11.2. The summed E-state index contributed by atoms with van der Waals surface area (Å²) in [6, 6.07) is 5.70. The van der Waals surface area contributed by atoms with Gasteiger partial charge in [0.15, 0.2) is 5.82 Å². The summed E-state index contributed by atoms with van der Waals surface area (Å²) in [5, 5.41) is 9.93. The van der Waals surface area contributed by atoms with Crippen molar-refractivity contribution in [1.82, 2.24) is 14.9 Å². The lowest BCUT2D eigenvalue weighted by molar-refractivity contribution is -0.177. The van der Waals surface area contributed by atoms with Gasteiger partial charge in [0, 0.05) is 36.9 Å². The number of carbonyl (C=O) groups is 1. The van der Waals surface area contributed by atoms with Gasteiger partial charge < -0.3 is 5.11 Å². The van der Waals surface area contributed by atoms with Gasteiger partial charge in [-0.1, -0.05) is 27.7 Å². The summed E-state index contributed by atoms with van der Waals surface area (Å²) >= 11 is 1.56. The Balaban J connectivity index is 1.85. The third-order valence-electron chi connectivity index (χ3n) is 6.66. The number of halogens is 3. The number of thiophene rings is 1. The van der Waals surface area contributed by atoms with Crippen molar-refractivity contribution >= 4 is 17.3 Å². The fourth-order valence-corrected chi connectivity index (χ4v) is 5.53. The molecule has 3 rings (SSSR count). The van der Waals surface area contributed by atoms with E-state index in [9.17, 15) is 23.1 Å². The van der Waals surface area contributed by atoms with Crippen molar-refractivity contribution in [3.63, 3.8) is 0 Å². The molecule has 1 aliphatic rings. The van der Waals surface area contributed by atoms with Gasteiger partial charge in [0.25, 0.3) is 0 Å². The minimum absolute atomic E-state index is 0.0571. The zero-order chi connectivity index (χ0) is 24.4. The molecule has 182 valence electrons. The molecule has 9 heteroatoms. The van der Waals surface area contributed by atoms with Crippen molar-refractivity contribution in [2.45, 2.75) is 53.3 Å². The van der Waals surface area contributed by atoms with Gasteiger partial charge in [0.2, 0.25) is 0 Å². The molecule has 2 aromatic heterocycles. The van der Waals surface area contributed by atoms with Crippen molar-refractivity contribution in [1.29, 1.82) is 0 Å². The number of likely N-dealkylation sites (tertiary alicyclic amines) is 1. The van der Waals surface area contributed by atoms with Gasteiger partial charge >= 0.3 is 12.1 Å². The number of nitrogens with zero attached hydrogens (tertiary/aromatic N) is 3. The van der Waals surface area contributed by atoms with Crippen molar-refractivity contribution in [3.8, 4) is 10.7 Å². The molecule has 1 saturated heterocycles. The van der Waals surface area contributed by atoms with Gasteiger partial charge in [-0.05, 0) is 48.3 Å². The normalized spacial score (nSPS) is 23.8. The van der Waals surface area contributed by atoms with Crippen LogP contribution in [0.4, 0.5) is 13.2 Å². The van der Waals surface area contributed by atoms with E-state index >= 15 is 0 Å². The maximum Gasteiger partial charge on any atom is 0.391 e. The molecule has 0 bridgehead atoms. The molecule has 0 radical (unpaired) electrons. The standard InChI is InChI=1S/C24H32F3N3O2S/c1-15(24(25,26)27)10-16-12-30(13-17(23(2,3)4)11-19(16)22(31)32)14-18-6-7-20(33-18)21-28-8-5-9-29-21/h5-9,15-17,19H,10-14H2,1-4H3,(H,31,32)/t15?,16?,17-,19+/m1/s1. The quantitative estimate of drug-likeness (QED) is 0.548. The molecule has 0 saturated carbocycles. The molecule has 5 nitrogen and oxygen atoms in total. The van der Waals surface area contributed by atoms with Crippen LogP contribution in [-0.2, 0) is 11.3 Å².